The van der Waals surface area contributed by atoms with E-state index in [2.05, 4.69) is 46.8 Å². The molecule has 0 unspecified atom stereocenters. The Hall–Kier alpha value is -3.65. The number of halogens is 2. The second-order valence-corrected chi connectivity index (χ2v) is 11.5. The molecule has 0 amide bonds. The number of aromatic nitrogens is 4. The normalized spacial score (nSPS) is 14.9. The summed E-state index contributed by atoms with van der Waals surface area (Å²) in [6.07, 6.45) is 2.90. The zero-order valence-electron chi connectivity index (χ0n) is 21.1. The molecule has 1 aliphatic rings. The second kappa shape index (κ2) is 11.2. The number of nitrogen functional groups attached to an aromatic ring is 1. The zero-order valence-corrected chi connectivity index (χ0v) is 22.7. The Morgan fingerprint density at radius 1 is 1.08 bits per heavy atom. The molecule has 3 aromatic heterocycles. The van der Waals surface area contributed by atoms with Gasteiger partial charge in [0.15, 0.2) is 5.82 Å². The third-order valence-electron chi connectivity index (χ3n) is 6.42. The number of hydrogen-bond acceptors (Lipinski definition) is 10. The van der Waals surface area contributed by atoms with Gasteiger partial charge < -0.3 is 16.0 Å². The molecule has 4 N–H and O–H groups in total. The van der Waals surface area contributed by atoms with E-state index in [-0.39, 0.29) is 22.3 Å². The van der Waals surface area contributed by atoms with Gasteiger partial charge in [-0.05, 0) is 43.4 Å². The van der Waals surface area contributed by atoms with Crippen LogP contribution in [0.25, 0.3) is 22.3 Å². The van der Waals surface area contributed by atoms with Gasteiger partial charge in [0.1, 0.15) is 23.5 Å². The van der Waals surface area contributed by atoms with E-state index in [1.807, 2.05) is 0 Å². The molecule has 0 aliphatic carbocycles. The Morgan fingerprint density at radius 3 is 2.64 bits per heavy atom. The summed E-state index contributed by atoms with van der Waals surface area (Å²) in [6.45, 7) is 3.90. The lowest BCUT2D eigenvalue weighted by atomic mass is 10.1. The van der Waals surface area contributed by atoms with Gasteiger partial charge in [0.25, 0.3) is 0 Å². The standard InChI is InChI=1S/C25H27ClFN9O2S/c1-35-6-8-36(9-7-35)10-11-39(37,38)34-22-12-16(14-29-24(22)28)20-4-5-21-23(33-20)25(31-15-30-21)32-17-2-3-19(27)18(26)13-17/h2-5,12-15,34H,6-11H2,1H3,(H2,28,29)(H,30,31,32). The number of pyridine rings is 2. The first-order valence-corrected chi connectivity index (χ1v) is 14.2. The molecular weight excluding hydrogens is 545 g/mol. The summed E-state index contributed by atoms with van der Waals surface area (Å²) < 4.78 is 41.8. The first-order chi connectivity index (χ1) is 18.7. The summed E-state index contributed by atoms with van der Waals surface area (Å²) in [5.41, 5.74) is 8.77. The van der Waals surface area contributed by atoms with Crippen LogP contribution in [0.3, 0.4) is 0 Å². The molecule has 0 spiro atoms. The zero-order chi connectivity index (χ0) is 27.6. The monoisotopic (exact) mass is 571 g/mol. The van der Waals surface area contributed by atoms with Crippen molar-refractivity contribution in [3.8, 4) is 11.3 Å². The van der Waals surface area contributed by atoms with Crippen molar-refractivity contribution in [3.05, 3.63) is 59.8 Å². The fourth-order valence-electron chi connectivity index (χ4n) is 4.14. The summed E-state index contributed by atoms with van der Waals surface area (Å²) in [5.74, 6) is -0.148. The molecule has 1 saturated heterocycles. The van der Waals surface area contributed by atoms with Gasteiger partial charge in [-0.2, -0.15) is 0 Å². The molecule has 11 nitrogen and oxygen atoms in total. The highest BCUT2D eigenvalue weighted by atomic mass is 35.5. The van der Waals surface area contributed by atoms with Crippen molar-refractivity contribution in [2.75, 3.05) is 61.3 Å². The van der Waals surface area contributed by atoms with E-state index in [4.69, 9.17) is 17.3 Å². The van der Waals surface area contributed by atoms with Crippen LogP contribution in [-0.4, -0.2) is 83.7 Å². The van der Waals surface area contributed by atoms with E-state index >= 15 is 0 Å². The number of nitrogens with zero attached hydrogens (tertiary/aromatic N) is 6. The SMILES string of the molecule is CN1CCN(CCS(=O)(=O)Nc2cc(-c3ccc4ncnc(Nc5ccc(F)c(Cl)c5)c4n3)cnc2N)CC1. The van der Waals surface area contributed by atoms with Crippen molar-refractivity contribution >= 4 is 55.7 Å². The molecule has 1 aromatic carbocycles. The highest BCUT2D eigenvalue weighted by Gasteiger charge is 2.19. The lowest BCUT2D eigenvalue weighted by Crippen LogP contribution is -2.46. The average Bonchev–Trinajstić information content (AvgIpc) is 2.91. The molecule has 0 radical (unpaired) electrons. The summed E-state index contributed by atoms with van der Waals surface area (Å²) in [6, 6.07) is 9.33. The second-order valence-electron chi connectivity index (χ2n) is 9.26. The topological polar surface area (TPSA) is 142 Å². The summed E-state index contributed by atoms with van der Waals surface area (Å²) in [7, 11) is -1.61. The highest BCUT2D eigenvalue weighted by Crippen LogP contribution is 2.29. The maximum atomic E-state index is 13.6. The van der Waals surface area contributed by atoms with Gasteiger partial charge in [0.2, 0.25) is 10.0 Å². The van der Waals surface area contributed by atoms with Gasteiger partial charge in [-0.25, -0.2) is 32.7 Å². The summed E-state index contributed by atoms with van der Waals surface area (Å²) in [5, 5.41) is 3.06. The van der Waals surface area contributed by atoms with Gasteiger partial charge in [-0.15, -0.1) is 0 Å². The molecule has 14 heteroatoms. The lowest BCUT2D eigenvalue weighted by molar-refractivity contribution is 0.161. The van der Waals surface area contributed by atoms with Crippen molar-refractivity contribution in [3.63, 3.8) is 0 Å². The number of fused-ring (bicyclic) bond motifs is 1. The van der Waals surface area contributed by atoms with E-state index in [0.717, 1.165) is 26.2 Å². The molecule has 4 heterocycles. The number of benzene rings is 1. The number of sulfonamides is 1. The molecule has 1 aliphatic heterocycles. The molecule has 1 fully saturated rings. The minimum Gasteiger partial charge on any atom is -0.382 e. The number of nitrogens with two attached hydrogens (primary N) is 1. The molecule has 0 atom stereocenters. The molecule has 4 aromatic rings. The van der Waals surface area contributed by atoms with Crippen LogP contribution in [0.15, 0.2) is 48.9 Å². The molecule has 39 heavy (non-hydrogen) atoms. The van der Waals surface area contributed by atoms with Crippen LogP contribution in [-0.2, 0) is 10.0 Å². The van der Waals surface area contributed by atoms with E-state index < -0.39 is 15.8 Å². The highest BCUT2D eigenvalue weighted by molar-refractivity contribution is 7.92. The number of rotatable bonds is 8. The first kappa shape index (κ1) is 26.9. The summed E-state index contributed by atoms with van der Waals surface area (Å²) in [4.78, 5) is 21.8. The Labute approximate surface area is 230 Å². The van der Waals surface area contributed by atoms with Crippen LogP contribution in [0.1, 0.15) is 0 Å². The number of hydrogen-bond donors (Lipinski definition) is 3. The number of piperazine rings is 1. The van der Waals surface area contributed by atoms with Crippen molar-refractivity contribution < 1.29 is 12.8 Å². The van der Waals surface area contributed by atoms with Crippen molar-refractivity contribution in [2.45, 2.75) is 0 Å². The van der Waals surface area contributed by atoms with Crippen LogP contribution in [0.4, 0.5) is 27.4 Å². The van der Waals surface area contributed by atoms with Gasteiger partial charge in [-0.3, -0.25) is 9.62 Å². The first-order valence-electron chi connectivity index (χ1n) is 12.2. The van der Waals surface area contributed by atoms with E-state index in [1.165, 1.54) is 30.7 Å². The number of nitrogens with one attached hydrogen (secondary N) is 2. The summed E-state index contributed by atoms with van der Waals surface area (Å²) >= 11 is 5.91. The van der Waals surface area contributed by atoms with Crippen molar-refractivity contribution in [1.82, 2.24) is 29.7 Å². The Morgan fingerprint density at radius 2 is 1.87 bits per heavy atom. The molecule has 204 valence electrons. The molecule has 5 rings (SSSR count). The molecule has 0 saturated carbocycles. The smallest absolute Gasteiger partial charge is 0.234 e. The van der Waals surface area contributed by atoms with Gasteiger partial charge in [-0.1, -0.05) is 11.6 Å². The maximum absolute atomic E-state index is 13.6. The quantitative estimate of drug-likeness (QED) is 0.288. The van der Waals surface area contributed by atoms with Crippen molar-refractivity contribution in [1.29, 1.82) is 0 Å². The fraction of sp³-hybridized carbons (Fsp3) is 0.280. The average molecular weight is 572 g/mol. The predicted octanol–water partition coefficient (Wildman–Crippen LogP) is 3.19. The van der Waals surface area contributed by atoms with Crippen LogP contribution in [0.2, 0.25) is 5.02 Å². The Balaban J connectivity index is 1.37. The van der Waals surface area contributed by atoms with Crippen LogP contribution < -0.4 is 15.8 Å². The van der Waals surface area contributed by atoms with E-state index in [9.17, 15) is 12.8 Å². The maximum Gasteiger partial charge on any atom is 0.234 e. The number of likely N-dealkylation sites (N-methyl/N-ethyl adjacent to an activating group) is 1. The predicted molar refractivity (Wildman–Crippen MR) is 151 cm³/mol. The minimum absolute atomic E-state index is 0.0292. The lowest BCUT2D eigenvalue weighted by Gasteiger charge is -2.32. The largest absolute Gasteiger partial charge is 0.382 e. The van der Waals surface area contributed by atoms with E-state index in [1.54, 1.807) is 18.2 Å². The Kier molecular flexibility index (Phi) is 7.75. The third-order valence-corrected chi connectivity index (χ3v) is 7.96. The van der Waals surface area contributed by atoms with Crippen molar-refractivity contribution in [2.24, 2.45) is 0 Å². The molecule has 0 bridgehead atoms. The minimum atomic E-state index is -3.66. The molecular formula is C25H27ClFN9O2S. The van der Waals surface area contributed by atoms with Gasteiger partial charge in [0.05, 0.1) is 27.7 Å². The van der Waals surface area contributed by atoms with Gasteiger partial charge >= 0.3 is 0 Å². The van der Waals surface area contributed by atoms with E-state index in [0.29, 0.717) is 40.3 Å². The number of anilines is 4. The van der Waals surface area contributed by atoms with Crippen LogP contribution >= 0.6 is 11.6 Å². The third kappa shape index (κ3) is 6.50. The van der Waals surface area contributed by atoms with Gasteiger partial charge in [0, 0.05) is 50.2 Å². The Bertz CT molecular complexity index is 1610. The fourth-order valence-corrected chi connectivity index (χ4v) is 5.42. The van der Waals surface area contributed by atoms with Crippen LogP contribution in [0.5, 0.6) is 0 Å². The van der Waals surface area contributed by atoms with Crippen LogP contribution in [0, 0.1) is 5.82 Å².